The van der Waals surface area contributed by atoms with Crippen molar-refractivity contribution in [1.29, 1.82) is 5.26 Å². The van der Waals surface area contributed by atoms with Gasteiger partial charge in [0.25, 0.3) is 0 Å². The molecule has 21 heavy (non-hydrogen) atoms. The number of hydrogen-bond donors (Lipinski definition) is 1. The van der Waals surface area contributed by atoms with E-state index in [0.717, 1.165) is 38.2 Å². The Hall–Kier alpha value is -1.86. The summed E-state index contributed by atoms with van der Waals surface area (Å²) >= 11 is 0. The number of piperidine rings is 1. The third kappa shape index (κ3) is 3.83. The molecule has 2 rings (SSSR count). The molecule has 1 saturated heterocycles. The smallest absolute Gasteiger partial charge is 0.129 e. The third-order valence-corrected chi connectivity index (χ3v) is 4.14. The lowest BCUT2D eigenvalue weighted by atomic mass is 9.77. The second-order valence-corrected chi connectivity index (χ2v) is 6.18. The van der Waals surface area contributed by atoms with Gasteiger partial charge in [0.05, 0.1) is 18.2 Å². The van der Waals surface area contributed by atoms with Gasteiger partial charge in [-0.1, -0.05) is 11.6 Å². The van der Waals surface area contributed by atoms with Crippen molar-refractivity contribution in [3.8, 4) is 6.07 Å². The maximum absolute atomic E-state index is 9.89. The molecule has 112 valence electrons. The maximum atomic E-state index is 9.89. The number of anilines is 1. The van der Waals surface area contributed by atoms with Gasteiger partial charge < -0.3 is 10.0 Å². The molecule has 1 aromatic heterocycles. The van der Waals surface area contributed by atoms with Crippen LogP contribution in [0, 0.1) is 16.7 Å². The molecule has 0 bridgehead atoms. The summed E-state index contributed by atoms with van der Waals surface area (Å²) in [4.78, 5) is 6.58. The van der Waals surface area contributed by atoms with Gasteiger partial charge in [0.2, 0.25) is 0 Å². The fourth-order valence-electron chi connectivity index (χ4n) is 2.85. The summed E-state index contributed by atoms with van der Waals surface area (Å²) in [6.45, 7) is 6.08. The molecular formula is C17H23N3O. The fourth-order valence-corrected chi connectivity index (χ4v) is 2.85. The van der Waals surface area contributed by atoms with Crippen LogP contribution in [0.15, 0.2) is 30.0 Å². The van der Waals surface area contributed by atoms with E-state index in [1.165, 1.54) is 5.57 Å². The molecule has 0 unspecified atom stereocenters. The Bertz CT molecular complexity index is 557. The van der Waals surface area contributed by atoms with Crippen molar-refractivity contribution in [2.75, 3.05) is 24.6 Å². The summed E-state index contributed by atoms with van der Waals surface area (Å²) < 4.78 is 0. The lowest BCUT2D eigenvalue weighted by Crippen LogP contribution is -2.45. The first-order valence-corrected chi connectivity index (χ1v) is 7.44. The van der Waals surface area contributed by atoms with Crippen molar-refractivity contribution in [2.45, 2.75) is 33.1 Å². The van der Waals surface area contributed by atoms with Gasteiger partial charge in [-0.05, 0) is 45.2 Å². The molecular weight excluding hydrogens is 262 g/mol. The zero-order valence-electron chi connectivity index (χ0n) is 12.8. The van der Waals surface area contributed by atoms with Gasteiger partial charge >= 0.3 is 0 Å². The van der Waals surface area contributed by atoms with E-state index >= 15 is 0 Å². The molecule has 1 aromatic rings. The topological polar surface area (TPSA) is 60.1 Å². The molecule has 0 aliphatic carbocycles. The molecule has 1 fully saturated rings. The molecule has 1 atom stereocenters. The number of hydrogen-bond acceptors (Lipinski definition) is 4. The number of aliphatic hydroxyl groups is 1. The van der Waals surface area contributed by atoms with Crippen molar-refractivity contribution in [1.82, 2.24) is 4.98 Å². The Balaban J connectivity index is 2.19. The van der Waals surface area contributed by atoms with Gasteiger partial charge in [-0.15, -0.1) is 0 Å². The number of pyridine rings is 1. The molecule has 0 aromatic carbocycles. The molecule has 0 spiro atoms. The van der Waals surface area contributed by atoms with E-state index in [4.69, 9.17) is 5.26 Å². The average Bonchev–Trinajstić information content (AvgIpc) is 2.53. The standard InChI is InChI=1S/C17H23N3O/c1-14(2)4-7-17(13-21)6-3-9-20(12-17)16-10-15(11-18)5-8-19-16/h4-5,8,10,21H,3,6-7,9,12-13H2,1-2H3/t17-/m0/s1. The van der Waals surface area contributed by atoms with Gasteiger partial charge in [-0.25, -0.2) is 4.98 Å². The van der Waals surface area contributed by atoms with Crippen LogP contribution >= 0.6 is 0 Å². The van der Waals surface area contributed by atoms with E-state index in [-0.39, 0.29) is 12.0 Å². The lowest BCUT2D eigenvalue weighted by molar-refractivity contribution is 0.108. The highest BCUT2D eigenvalue weighted by Crippen LogP contribution is 2.35. The van der Waals surface area contributed by atoms with Crippen molar-refractivity contribution < 1.29 is 5.11 Å². The first-order chi connectivity index (χ1) is 10.1. The number of nitriles is 1. The van der Waals surface area contributed by atoms with Gasteiger partial charge in [-0.2, -0.15) is 5.26 Å². The van der Waals surface area contributed by atoms with E-state index in [9.17, 15) is 5.11 Å². The second kappa shape index (κ2) is 6.73. The van der Waals surface area contributed by atoms with Gasteiger partial charge in [-0.3, -0.25) is 0 Å². The predicted molar refractivity (Wildman–Crippen MR) is 84.0 cm³/mol. The number of allylic oxidation sites excluding steroid dienone is 2. The summed E-state index contributed by atoms with van der Waals surface area (Å²) in [6.07, 6.45) is 6.84. The summed E-state index contributed by atoms with van der Waals surface area (Å²) in [5, 5.41) is 18.9. The molecule has 1 aliphatic rings. The SMILES string of the molecule is CC(C)=CC[C@@]1(CO)CCCN(c2cc(C#N)ccn2)C1. The van der Waals surface area contributed by atoms with Crippen molar-refractivity contribution in [2.24, 2.45) is 5.41 Å². The van der Waals surface area contributed by atoms with E-state index in [1.54, 1.807) is 12.3 Å². The van der Waals surface area contributed by atoms with E-state index in [0.29, 0.717) is 5.56 Å². The Morgan fingerprint density at radius 1 is 1.57 bits per heavy atom. The van der Waals surface area contributed by atoms with E-state index < -0.39 is 0 Å². The Kier molecular flexibility index (Phi) is 4.98. The Labute approximate surface area is 126 Å². The molecule has 2 heterocycles. The molecule has 1 N–H and O–H groups in total. The second-order valence-electron chi connectivity index (χ2n) is 6.18. The van der Waals surface area contributed by atoms with Crippen LogP contribution in [0.3, 0.4) is 0 Å². The summed E-state index contributed by atoms with van der Waals surface area (Å²) in [6, 6.07) is 5.70. The molecule has 0 amide bonds. The van der Waals surface area contributed by atoms with Crippen molar-refractivity contribution in [3.63, 3.8) is 0 Å². The molecule has 0 radical (unpaired) electrons. The van der Waals surface area contributed by atoms with Crippen LogP contribution in [0.5, 0.6) is 0 Å². The highest BCUT2D eigenvalue weighted by molar-refractivity contribution is 5.45. The van der Waals surface area contributed by atoms with Crippen LogP contribution in [0.4, 0.5) is 5.82 Å². The normalized spacial score (nSPS) is 21.7. The highest BCUT2D eigenvalue weighted by atomic mass is 16.3. The number of aliphatic hydroxyl groups excluding tert-OH is 1. The van der Waals surface area contributed by atoms with Crippen LogP contribution in [-0.2, 0) is 0 Å². The average molecular weight is 285 g/mol. The van der Waals surface area contributed by atoms with Gasteiger partial charge in [0.15, 0.2) is 0 Å². The minimum Gasteiger partial charge on any atom is -0.396 e. The zero-order chi connectivity index (χ0) is 15.3. The fraction of sp³-hybridized carbons (Fsp3) is 0.529. The van der Waals surface area contributed by atoms with Gasteiger partial charge in [0.1, 0.15) is 5.82 Å². The van der Waals surface area contributed by atoms with E-state index in [1.807, 2.05) is 6.07 Å². The van der Waals surface area contributed by atoms with Crippen LogP contribution in [0.25, 0.3) is 0 Å². The number of rotatable bonds is 4. The minimum atomic E-state index is -0.0974. The highest BCUT2D eigenvalue weighted by Gasteiger charge is 2.34. The Morgan fingerprint density at radius 3 is 3.05 bits per heavy atom. The van der Waals surface area contributed by atoms with Crippen LogP contribution in [0.2, 0.25) is 0 Å². The molecule has 1 aliphatic heterocycles. The first-order valence-electron chi connectivity index (χ1n) is 7.44. The molecule has 4 nitrogen and oxygen atoms in total. The zero-order valence-corrected chi connectivity index (χ0v) is 12.8. The maximum Gasteiger partial charge on any atom is 0.129 e. The Morgan fingerprint density at radius 2 is 2.38 bits per heavy atom. The lowest BCUT2D eigenvalue weighted by Gasteiger charge is -2.42. The number of aromatic nitrogens is 1. The van der Waals surface area contributed by atoms with E-state index in [2.05, 4.69) is 35.9 Å². The minimum absolute atomic E-state index is 0.0974. The summed E-state index contributed by atoms with van der Waals surface area (Å²) in [5.41, 5.74) is 1.81. The van der Waals surface area contributed by atoms with Crippen LogP contribution in [-0.4, -0.2) is 29.8 Å². The monoisotopic (exact) mass is 285 g/mol. The van der Waals surface area contributed by atoms with Crippen molar-refractivity contribution in [3.05, 3.63) is 35.5 Å². The summed E-state index contributed by atoms with van der Waals surface area (Å²) in [5.74, 6) is 0.837. The quantitative estimate of drug-likeness (QED) is 0.864. The van der Waals surface area contributed by atoms with Crippen molar-refractivity contribution >= 4 is 5.82 Å². The van der Waals surface area contributed by atoms with Crippen LogP contribution in [0.1, 0.15) is 38.7 Å². The predicted octanol–water partition coefficient (Wildman–Crippen LogP) is 2.89. The van der Waals surface area contributed by atoms with Crippen LogP contribution < -0.4 is 4.90 Å². The molecule has 4 heteroatoms. The molecule has 0 saturated carbocycles. The number of nitrogens with zero attached hydrogens (tertiary/aromatic N) is 3. The van der Waals surface area contributed by atoms with Gasteiger partial charge in [0, 0.05) is 24.7 Å². The summed E-state index contributed by atoms with van der Waals surface area (Å²) in [7, 11) is 0. The first kappa shape index (κ1) is 15.5. The third-order valence-electron chi connectivity index (χ3n) is 4.14. The largest absolute Gasteiger partial charge is 0.396 e.